The number of esters is 1. The molecule has 1 rings (SSSR count). The summed E-state index contributed by atoms with van der Waals surface area (Å²) >= 11 is 0. The molecule has 0 amide bonds. The van der Waals surface area contributed by atoms with Gasteiger partial charge in [0.1, 0.15) is 6.61 Å². The Labute approximate surface area is 137 Å². The molecular formula is C17H26O6. The lowest BCUT2D eigenvalue weighted by atomic mass is 9.92. The van der Waals surface area contributed by atoms with Gasteiger partial charge in [-0.25, -0.2) is 0 Å². The average molecular weight is 326 g/mol. The normalized spacial score (nSPS) is 11.4. The van der Waals surface area contributed by atoms with E-state index in [1.54, 1.807) is 6.92 Å². The SMILES string of the molecule is CCC(=O)OCC(CO)(CO)COCCOCc1ccccc1. The van der Waals surface area contributed by atoms with E-state index >= 15 is 0 Å². The molecule has 0 saturated heterocycles. The fourth-order valence-electron chi connectivity index (χ4n) is 1.78. The number of aliphatic hydroxyl groups excluding tert-OH is 2. The van der Waals surface area contributed by atoms with Gasteiger partial charge in [0, 0.05) is 6.42 Å². The van der Waals surface area contributed by atoms with Gasteiger partial charge in [-0.05, 0) is 5.56 Å². The molecule has 23 heavy (non-hydrogen) atoms. The van der Waals surface area contributed by atoms with Crippen molar-refractivity contribution in [2.45, 2.75) is 20.0 Å². The Morgan fingerprint density at radius 1 is 1.04 bits per heavy atom. The standard InChI is InChI=1S/C17H26O6/c1-2-16(20)23-14-17(11-18,12-19)13-22-9-8-21-10-15-6-4-3-5-7-15/h3-7,18-19H,2,8-14H2,1H3. The van der Waals surface area contributed by atoms with Crippen molar-refractivity contribution < 1.29 is 29.2 Å². The first kappa shape index (κ1) is 19.6. The summed E-state index contributed by atoms with van der Waals surface area (Å²) in [6.45, 7) is 2.28. The van der Waals surface area contributed by atoms with Gasteiger partial charge in [0.25, 0.3) is 0 Å². The van der Waals surface area contributed by atoms with Crippen LogP contribution in [0.1, 0.15) is 18.9 Å². The third kappa shape index (κ3) is 7.56. The Hall–Kier alpha value is -1.47. The summed E-state index contributed by atoms with van der Waals surface area (Å²) < 4.78 is 15.9. The van der Waals surface area contributed by atoms with Crippen molar-refractivity contribution >= 4 is 5.97 Å². The lowest BCUT2D eigenvalue weighted by molar-refractivity contribution is -0.152. The van der Waals surface area contributed by atoms with Gasteiger partial charge >= 0.3 is 5.97 Å². The largest absolute Gasteiger partial charge is 0.465 e. The van der Waals surface area contributed by atoms with Crippen LogP contribution in [0.5, 0.6) is 0 Å². The highest BCUT2D eigenvalue weighted by molar-refractivity contribution is 5.68. The highest BCUT2D eigenvalue weighted by Crippen LogP contribution is 2.17. The summed E-state index contributed by atoms with van der Waals surface area (Å²) in [6, 6.07) is 9.80. The molecule has 0 aliphatic rings. The van der Waals surface area contributed by atoms with Crippen LogP contribution in [0.3, 0.4) is 0 Å². The van der Waals surface area contributed by atoms with Gasteiger partial charge in [-0.1, -0.05) is 37.3 Å². The zero-order valence-electron chi connectivity index (χ0n) is 13.6. The van der Waals surface area contributed by atoms with Crippen LogP contribution in [0.25, 0.3) is 0 Å². The van der Waals surface area contributed by atoms with Crippen molar-refractivity contribution in [3.63, 3.8) is 0 Å². The van der Waals surface area contributed by atoms with Gasteiger partial charge in [-0.2, -0.15) is 0 Å². The predicted octanol–water partition coefficient (Wildman–Crippen LogP) is 1.14. The summed E-state index contributed by atoms with van der Waals surface area (Å²) in [6.07, 6.45) is 0.251. The Bertz CT molecular complexity index is 430. The number of hydrogen-bond acceptors (Lipinski definition) is 6. The molecule has 0 heterocycles. The van der Waals surface area contributed by atoms with Crippen molar-refractivity contribution in [3.05, 3.63) is 35.9 Å². The van der Waals surface area contributed by atoms with Crippen LogP contribution in [-0.2, 0) is 25.6 Å². The molecule has 0 fully saturated rings. The minimum Gasteiger partial charge on any atom is -0.465 e. The van der Waals surface area contributed by atoms with Crippen molar-refractivity contribution in [2.24, 2.45) is 5.41 Å². The highest BCUT2D eigenvalue weighted by atomic mass is 16.5. The Balaban J connectivity index is 2.23. The van der Waals surface area contributed by atoms with E-state index in [1.807, 2.05) is 30.3 Å². The van der Waals surface area contributed by atoms with Crippen LogP contribution in [0.15, 0.2) is 30.3 Å². The van der Waals surface area contributed by atoms with Crippen LogP contribution in [0.2, 0.25) is 0 Å². The number of benzene rings is 1. The third-order valence-corrected chi connectivity index (χ3v) is 3.39. The molecule has 6 heteroatoms. The molecule has 0 radical (unpaired) electrons. The third-order valence-electron chi connectivity index (χ3n) is 3.39. The second kappa shape index (κ2) is 11.1. The minimum atomic E-state index is -0.982. The monoisotopic (exact) mass is 326 g/mol. The van der Waals surface area contributed by atoms with E-state index in [0.717, 1.165) is 5.56 Å². The second-order valence-corrected chi connectivity index (χ2v) is 5.42. The molecule has 1 aromatic rings. The molecule has 0 aliphatic heterocycles. The quantitative estimate of drug-likeness (QED) is 0.443. The molecule has 130 valence electrons. The van der Waals surface area contributed by atoms with Gasteiger partial charge < -0.3 is 24.4 Å². The molecule has 0 saturated carbocycles. The van der Waals surface area contributed by atoms with Crippen molar-refractivity contribution in [3.8, 4) is 0 Å². The first-order valence-electron chi connectivity index (χ1n) is 7.72. The number of carbonyl (C=O) groups is 1. The highest BCUT2D eigenvalue weighted by Gasteiger charge is 2.31. The van der Waals surface area contributed by atoms with E-state index < -0.39 is 5.41 Å². The van der Waals surface area contributed by atoms with E-state index in [-0.39, 0.29) is 38.8 Å². The predicted molar refractivity (Wildman–Crippen MR) is 84.8 cm³/mol. The minimum absolute atomic E-state index is 0.0719. The van der Waals surface area contributed by atoms with Crippen LogP contribution < -0.4 is 0 Å². The maximum atomic E-state index is 11.2. The molecule has 0 spiro atoms. The number of rotatable bonds is 12. The first-order valence-corrected chi connectivity index (χ1v) is 7.72. The van der Waals surface area contributed by atoms with Crippen molar-refractivity contribution in [2.75, 3.05) is 39.6 Å². The number of ether oxygens (including phenoxy) is 3. The van der Waals surface area contributed by atoms with Gasteiger partial charge in [-0.3, -0.25) is 4.79 Å². The fraction of sp³-hybridized carbons (Fsp3) is 0.588. The molecule has 0 aliphatic carbocycles. The Morgan fingerprint density at radius 2 is 1.70 bits per heavy atom. The van der Waals surface area contributed by atoms with E-state index in [1.165, 1.54) is 0 Å². The number of hydrogen-bond donors (Lipinski definition) is 2. The number of carbonyl (C=O) groups excluding carboxylic acids is 1. The van der Waals surface area contributed by atoms with E-state index in [4.69, 9.17) is 14.2 Å². The van der Waals surface area contributed by atoms with E-state index in [0.29, 0.717) is 19.8 Å². The first-order chi connectivity index (χ1) is 11.2. The van der Waals surface area contributed by atoms with E-state index in [2.05, 4.69) is 0 Å². The van der Waals surface area contributed by atoms with Gasteiger partial charge in [0.2, 0.25) is 0 Å². The van der Waals surface area contributed by atoms with Gasteiger partial charge in [0.15, 0.2) is 0 Å². The summed E-state index contributed by atoms with van der Waals surface area (Å²) in [5.74, 6) is -0.373. The summed E-state index contributed by atoms with van der Waals surface area (Å²) in [5.41, 5.74) is 0.101. The fourth-order valence-corrected chi connectivity index (χ4v) is 1.78. The molecule has 0 bridgehead atoms. The van der Waals surface area contributed by atoms with Crippen LogP contribution in [0, 0.1) is 5.41 Å². The van der Waals surface area contributed by atoms with Crippen LogP contribution >= 0.6 is 0 Å². The smallest absolute Gasteiger partial charge is 0.305 e. The molecule has 2 N–H and O–H groups in total. The molecular weight excluding hydrogens is 300 g/mol. The van der Waals surface area contributed by atoms with Crippen LogP contribution in [-0.4, -0.2) is 55.8 Å². The van der Waals surface area contributed by atoms with Crippen molar-refractivity contribution in [1.82, 2.24) is 0 Å². The Kier molecular flexibility index (Phi) is 9.47. The second-order valence-electron chi connectivity index (χ2n) is 5.42. The topological polar surface area (TPSA) is 85.2 Å². The van der Waals surface area contributed by atoms with Gasteiger partial charge in [0.05, 0.1) is 45.1 Å². The molecule has 6 nitrogen and oxygen atoms in total. The summed E-state index contributed by atoms with van der Waals surface area (Å²) in [7, 11) is 0. The number of aliphatic hydroxyl groups is 2. The summed E-state index contributed by atoms with van der Waals surface area (Å²) in [4.78, 5) is 11.2. The molecule has 0 unspecified atom stereocenters. The van der Waals surface area contributed by atoms with Crippen LogP contribution in [0.4, 0.5) is 0 Å². The zero-order chi connectivity index (χ0) is 17.0. The zero-order valence-corrected chi connectivity index (χ0v) is 13.6. The lowest BCUT2D eigenvalue weighted by Gasteiger charge is -2.28. The molecule has 0 atom stereocenters. The lowest BCUT2D eigenvalue weighted by Crippen LogP contribution is -2.40. The average Bonchev–Trinajstić information content (AvgIpc) is 2.61. The van der Waals surface area contributed by atoms with E-state index in [9.17, 15) is 15.0 Å². The van der Waals surface area contributed by atoms with Crippen molar-refractivity contribution in [1.29, 1.82) is 0 Å². The van der Waals surface area contributed by atoms with Gasteiger partial charge in [-0.15, -0.1) is 0 Å². The molecule has 1 aromatic carbocycles. The maximum Gasteiger partial charge on any atom is 0.305 e. The Morgan fingerprint density at radius 3 is 2.30 bits per heavy atom. The molecule has 0 aromatic heterocycles. The maximum absolute atomic E-state index is 11.2. The summed E-state index contributed by atoms with van der Waals surface area (Å²) in [5, 5.41) is 18.9.